The summed E-state index contributed by atoms with van der Waals surface area (Å²) in [7, 11) is 3.25. The lowest BCUT2D eigenvalue weighted by molar-refractivity contribution is 0.354. The predicted octanol–water partition coefficient (Wildman–Crippen LogP) is 3.65. The first kappa shape index (κ1) is 13.4. The molecular formula is C13H14BrNO2S. The first-order chi connectivity index (χ1) is 8.71. The molecule has 1 heterocycles. The Kier molecular flexibility index (Phi) is 4.27. The lowest BCUT2D eigenvalue weighted by Crippen LogP contribution is -2.01. The van der Waals surface area contributed by atoms with Crippen molar-refractivity contribution in [3.05, 3.63) is 32.9 Å². The first-order valence-corrected chi connectivity index (χ1v) is 7.11. The Bertz CT molecular complexity index is 554. The van der Waals surface area contributed by atoms with Gasteiger partial charge in [0.25, 0.3) is 0 Å². The fourth-order valence-corrected chi connectivity index (χ4v) is 3.32. The van der Waals surface area contributed by atoms with Gasteiger partial charge in [-0.25, -0.2) is 0 Å². The Balaban J connectivity index is 2.62. The average Bonchev–Trinajstić information content (AvgIpc) is 2.83. The molecule has 0 aliphatic carbocycles. The fourth-order valence-electron chi connectivity index (χ4n) is 1.81. The van der Waals surface area contributed by atoms with E-state index in [-0.39, 0.29) is 0 Å². The van der Waals surface area contributed by atoms with Gasteiger partial charge in [-0.15, -0.1) is 0 Å². The van der Waals surface area contributed by atoms with Gasteiger partial charge in [0.15, 0.2) is 11.5 Å². The van der Waals surface area contributed by atoms with Crippen molar-refractivity contribution in [1.82, 2.24) is 0 Å². The maximum Gasteiger partial charge on any atom is 0.161 e. The SMILES string of the molecule is COc1cc(CN)c(-c2cscc2Br)cc1OC. The number of hydrogen-bond donors (Lipinski definition) is 1. The van der Waals surface area contributed by atoms with E-state index in [1.54, 1.807) is 25.6 Å². The summed E-state index contributed by atoms with van der Waals surface area (Å²) in [6.07, 6.45) is 0. The van der Waals surface area contributed by atoms with Crippen molar-refractivity contribution in [1.29, 1.82) is 0 Å². The van der Waals surface area contributed by atoms with Gasteiger partial charge < -0.3 is 15.2 Å². The highest BCUT2D eigenvalue weighted by molar-refractivity contribution is 9.10. The van der Waals surface area contributed by atoms with Crippen LogP contribution in [-0.4, -0.2) is 14.2 Å². The smallest absolute Gasteiger partial charge is 0.161 e. The third-order valence-electron chi connectivity index (χ3n) is 2.73. The van der Waals surface area contributed by atoms with Crippen LogP contribution in [0.2, 0.25) is 0 Å². The van der Waals surface area contributed by atoms with E-state index >= 15 is 0 Å². The number of thiophene rings is 1. The molecule has 0 radical (unpaired) electrons. The average molecular weight is 328 g/mol. The molecule has 0 bridgehead atoms. The van der Waals surface area contributed by atoms with Crippen molar-refractivity contribution in [3.8, 4) is 22.6 Å². The Morgan fingerprint density at radius 2 is 1.78 bits per heavy atom. The maximum atomic E-state index is 5.81. The minimum Gasteiger partial charge on any atom is -0.493 e. The van der Waals surface area contributed by atoms with Gasteiger partial charge in [-0.3, -0.25) is 0 Å². The Morgan fingerprint density at radius 3 is 2.28 bits per heavy atom. The third-order valence-corrected chi connectivity index (χ3v) is 4.44. The molecule has 2 aromatic rings. The van der Waals surface area contributed by atoms with Gasteiger partial charge in [-0.05, 0) is 44.6 Å². The van der Waals surface area contributed by atoms with Crippen LogP contribution < -0.4 is 15.2 Å². The van der Waals surface area contributed by atoms with E-state index in [0.29, 0.717) is 18.0 Å². The second-order valence-electron chi connectivity index (χ2n) is 3.70. The first-order valence-electron chi connectivity index (χ1n) is 5.38. The zero-order valence-electron chi connectivity index (χ0n) is 10.2. The molecule has 0 aliphatic heterocycles. The molecule has 0 aliphatic rings. The molecule has 0 saturated heterocycles. The van der Waals surface area contributed by atoms with Crippen molar-refractivity contribution < 1.29 is 9.47 Å². The van der Waals surface area contributed by atoms with Crippen molar-refractivity contribution in [2.24, 2.45) is 5.73 Å². The lowest BCUT2D eigenvalue weighted by atomic mass is 10.0. The van der Waals surface area contributed by atoms with Crippen LogP contribution in [0.1, 0.15) is 5.56 Å². The standard InChI is InChI=1S/C13H14BrNO2S/c1-16-12-3-8(5-15)9(4-13(12)17-2)10-6-18-7-11(10)14/h3-4,6-7H,5,15H2,1-2H3. The van der Waals surface area contributed by atoms with Crippen molar-refractivity contribution in [3.63, 3.8) is 0 Å². The molecule has 0 unspecified atom stereocenters. The zero-order valence-corrected chi connectivity index (χ0v) is 12.6. The topological polar surface area (TPSA) is 44.5 Å². The van der Waals surface area contributed by atoms with E-state index in [0.717, 1.165) is 21.2 Å². The largest absolute Gasteiger partial charge is 0.493 e. The van der Waals surface area contributed by atoms with Crippen LogP contribution >= 0.6 is 27.3 Å². The fraction of sp³-hybridized carbons (Fsp3) is 0.231. The van der Waals surface area contributed by atoms with Gasteiger partial charge in [0.1, 0.15) is 0 Å². The Hall–Kier alpha value is -1.04. The molecule has 0 saturated carbocycles. The van der Waals surface area contributed by atoms with Crippen LogP contribution in [0.5, 0.6) is 11.5 Å². The summed E-state index contributed by atoms with van der Waals surface area (Å²) >= 11 is 5.19. The summed E-state index contributed by atoms with van der Waals surface area (Å²) < 4.78 is 11.7. The van der Waals surface area contributed by atoms with Crippen molar-refractivity contribution in [2.75, 3.05) is 14.2 Å². The molecule has 0 atom stereocenters. The number of nitrogens with two attached hydrogens (primary N) is 1. The van der Waals surface area contributed by atoms with Crippen LogP contribution in [0.3, 0.4) is 0 Å². The van der Waals surface area contributed by atoms with Crippen molar-refractivity contribution in [2.45, 2.75) is 6.54 Å². The van der Waals surface area contributed by atoms with Crippen LogP contribution in [0.15, 0.2) is 27.4 Å². The minimum atomic E-state index is 0.456. The maximum absolute atomic E-state index is 5.81. The van der Waals surface area contributed by atoms with Crippen LogP contribution in [-0.2, 0) is 6.54 Å². The number of benzene rings is 1. The molecule has 3 nitrogen and oxygen atoms in total. The summed E-state index contributed by atoms with van der Waals surface area (Å²) in [5.74, 6) is 1.41. The molecule has 0 fully saturated rings. The molecule has 2 N–H and O–H groups in total. The molecule has 0 spiro atoms. The quantitative estimate of drug-likeness (QED) is 0.932. The summed E-state index contributed by atoms with van der Waals surface area (Å²) in [6, 6.07) is 3.89. The minimum absolute atomic E-state index is 0.456. The molecule has 96 valence electrons. The number of hydrogen-bond acceptors (Lipinski definition) is 4. The van der Waals surface area contributed by atoms with Crippen LogP contribution in [0.25, 0.3) is 11.1 Å². The number of halogens is 1. The predicted molar refractivity (Wildman–Crippen MR) is 78.5 cm³/mol. The number of ether oxygens (including phenoxy) is 2. The number of rotatable bonds is 4. The van der Waals surface area contributed by atoms with Gasteiger partial charge in [0.05, 0.1) is 14.2 Å². The normalized spacial score (nSPS) is 10.4. The Labute approximate surface area is 119 Å². The van der Waals surface area contributed by atoms with Gasteiger partial charge in [-0.1, -0.05) is 0 Å². The van der Waals surface area contributed by atoms with Crippen LogP contribution in [0.4, 0.5) is 0 Å². The lowest BCUT2D eigenvalue weighted by Gasteiger charge is -2.13. The summed E-state index contributed by atoms with van der Waals surface area (Å²) in [6.45, 7) is 0.456. The molecule has 2 rings (SSSR count). The van der Waals surface area contributed by atoms with E-state index in [1.807, 2.05) is 17.5 Å². The molecule has 18 heavy (non-hydrogen) atoms. The number of methoxy groups -OCH3 is 2. The molecule has 1 aromatic heterocycles. The highest BCUT2D eigenvalue weighted by atomic mass is 79.9. The zero-order chi connectivity index (χ0) is 13.1. The van der Waals surface area contributed by atoms with E-state index in [4.69, 9.17) is 15.2 Å². The molecular weight excluding hydrogens is 314 g/mol. The van der Waals surface area contributed by atoms with E-state index in [1.165, 1.54) is 0 Å². The van der Waals surface area contributed by atoms with Crippen LogP contribution in [0, 0.1) is 0 Å². The third kappa shape index (κ3) is 2.39. The van der Waals surface area contributed by atoms with E-state index < -0.39 is 0 Å². The Morgan fingerprint density at radius 1 is 1.11 bits per heavy atom. The second kappa shape index (κ2) is 5.73. The summed E-state index contributed by atoms with van der Waals surface area (Å²) in [5.41, 5.74) is 9.05. The molecule has 1 aromatic carbocycles. The van der Waals surface area contributed by atoms with Crippen molar-refractivity contribution >= 4 is 27.3 Å². The van der Waals surface area contributed by atoms with Gasteiger partial charge >= 0.3 is 0 Å². The highest BCUT2D eigenvalue weighted by Gasteiger charge is 2.14. The highest BCUT2D eigenvalue weighted by Crippen LogP contribution is 2.39. The molecule has 5 heteroatoms. The summed E-state index contributed by atoms with van der Waals surface area (Å²) in [4.78, 5) is 0. The second-order valence-corrected chi connectivity index (χ2v) is 5.30. The van der Waals surface area contributed by atoms with Gasteiger partial charge in [0.2, 0.25) is 0 Å². The van der Waals surface area contributed by atoms with Gasteiger partial charge in [0, 0.05) is 22.0 Å². The van der Waals surface area contributed by atoms with E-state index in [9.17, 15) is 0 Å². The molecule has 0 amide bonds. The van der Waals surface area contributed by atoms with Gasteiger partial charge in [-0.2, -0.15) is 11.3 Å². The monoisotopic (exact) mass is 327 g/mol. The summed E-state index contributed by atoms with van der Waals surface area (Å²) in [5, 5.41) is 4.14. The van der Waals surface area contributed by atoms with E-state index in [2.05, 4.69) is 21.3 Å².